The molecule has 0 aromatic carbocycles. The standard InChI is InChI=1S/C10H18O2/c1-5-8(2)6-7-9(11)10(3,4)12/h5-6,9,11-12H,1,7H2,2-4H3/b8-6+/t9-/m0/s1. The first-order valence-electron chi connectivity index (χ1n) is 4.07. The molecule has 0 aliphatic carbocycles. The fraction of sp³-hybridized carbons (Fsp3) is 0.600. The van der Waals surface area contributed by atoms with Crippen LogP contribution in [0.3, 0.4) is 0 Å². The van der Waals surface area contributed by atoms with E-state index in [9.17, 15) is 10.2 Å². The van der Waals surface area contributed by atoms with E-state index in [0.717, 1.165) is 5.57 Å². The highest BCUT2D eigenvalue weighted by atomic mass is 16.3. The molecule has 70 valence electrons. The van der Waals surface area contributed by atoms with Gasteiger partial charge in [0.2, 0.25) is 0 Å². The summed E-state index contributed by atoms with van der Waals surface area (Å²) in [6.45, 7) is 8.68. The van der Waals surface area contributed by atoms with E-state index in [1.807, 2.05) is 13.0 Å². The van der Waals surface area contributed by atoms with Crippen molar-refractivity contribution in [3.05, 3.63) is 24.3 Å². The molecule has 0 aliphatic heterocycles. The van der Waals surface area contributed by atoms with Gasteiger partial charge in [0.15, 0.2) is 0 Å². The lowest BCUT2D eigenvalue weighted by atomic mass is 9.98. The molecule has 0 spiro atoms. The van der Waals surface area contributed by atoms with Crippen molar-refractivity contribution in [2.24, 2.45) is 0 Å². The molecule has 0 aromatic heterocycles. The van der Waals surface area contributed by atoms with Crippen molar-refractivity contribution < 1.29 is 10.2 Å². The molecule has 0 rings (SSSR count). The summed E-state index contributed by atoms with van der Waals surface area (Å²) in [6.07, 6.45) is 3.32. The molecule has 2 N–H and O–H groups in total. The van der Waals surface area contributed by atoms with Gasteiger partial charge in [-0.1, -0.05) is 24.3 Å². The quantitative estimate of drug-likeness (QED) is 0.630. The Kier molecular flexibility index (Phi) is 4.21. The third kappa shape index (κ3) is 4.31. The van der Waals surface area contributed by atoms with Crippen molar-refractivity contribution in [1.82, 2.24) is 0 Å². The summed E-state index contributed by atoms with van der Waals surface area (Å²) < 4.78 is 0. The van der Waals surface area contributed by atoms with E-state index in [-0.39, 0.29) is 0 Å². The molecule has 0 saturated carbocycles. The van der Waals surface area contributed by atoms with Crippen LogP contribution in [0.4, 0.5) is 0 Å². The maximum absolute atomic E-state index is 9.40. The highest BCUT2D eigenvalue weighted by Gasteiger charge is 2.22. The van der Waals surface area contributed by atoms with Crippen molar-refractivity contribution in [2.45, 2.75) is 38.9 Å². The minimum Gasteiger partial charge on any atom is -0.390 e. The summed E-state index contributed by atoms with van der Waals surface area (Å²) in [7, 11) is 0. The predicted octanol–water partition coefficient (Wildman–Crippen LogP) is 1.64. The SMILES string of the molecule is C=C/C(C)=C/C[C@H](O)C(C)(C)O. The topological polar surface area (TPSA) is 40.5 Å². The molecule has 0 bridgehead atoms. The smallest absolute Gasteiger partial charge is 0.0856 e. The lowest BCUT2D eigenvalue weighted by Gasteiger charge is -2.23. The Bertz CT molecular complexity index is 175. The minimum atomic E-state index is -1.03. The Morgan fingerprint density at radius 3 is 2.42 bits per heavy atom. The number of hydrogen-bond donors (Lipinski definition) is 2. The van der Waals surface area contributed by atoms with E-state index in [2.05, 4.69) is 6.58 Å². The summed E-state index contributed by atoms with van der Waals surface area (Å²) in [6, 6.07) is 0. The third-order valence-electron chi connectivity index (χ3n) is 1.80. The van der Waals surface area contributed by atoms with Crippen LogP contribution in [0.2, 0.25) is 0 Å². The van der Waals surface area contributed by atoms with Crippen LogP contribution in [0.25, 0.3) is 0 Å². The molecule has 0 radical (unpaired) electrons. The van der Waals surface area contributed by atoms with Crippen LogP contribution in [0.1, 0.15) is 27.2 Å². The van der Waals surface area contributed by atoms with Crippen molar-refractivity contribution in [1.29, 1.82) is 0 Å². The molecule has 0 heterocycles. The summed E-state index contributed by atoms with van der Waals surface area (Å²) in [5.41, 5.74) is -0.0175. The monoisotopic (exact) mass is 170 g/mol. The van der Waals surface area contributed by atoms with Gasteiger partial charge in [-0.15, -0.1) is 0 Å². The number of aliphatic hydroxyl groups is 2. The molecule has 12 heavy (non-hydrogen) atoms. The van der Waals surface area contributed by atoms with Crippen molar-refractivity contribution >= 4 is 0 Å². The molecule has 2 heteroatoms. The van der Waals surface area contributed by atoms with Gasteiger partial charge in [0.05, 0.1) is 11.7 Å². The van der Waals surface area contributed by atoms with Crippen LogP contribution in [-0.4, -0.2) is 21.9 Å². The fourth-order valence-corrected chi connectivity index (χ4v) is 0.669. The van der Waals surface area contributed by atoms with Gasteiger partial charge in [-0.3, -0.25) is 0 Å². The van der Waals surface area contributed by atoms with Gasteiger partial charge in [-0.05, 0) is 27.2 Å². The number of allylic oxidation sites excluding steroid dienone is 2. The summed E-state index contributed by atoms with van der Waals surface area (Å²) in [5.74, 6) is 0. The number of hydrogen-bond acceptors (Lipinski definition) is 2. The van der Waals surface area contributed by atoms with Crippen molar-refractivity contribution in [3.8, 4) is 0 Å². The normalized spacial score (nSPS) is 15.9. The second kappa shape index (κ2) is 4.43. The number of rotatable bonds is 4. The van der Waals surface area contributed by atoms with E-state index in [0.29, 0.717) is 6.42 Å². The predicted molar refractivity (Wildman–Crippen MR) is 50.9 cm³/mol. The molecule has 0 aromatic rings. The highest BCUT2D eigenvalue weighted by molar-refractivity contribution is 5.13. The molecular weight excluding hydrogens is 152 g/mol. The first kappa shape index (κ1) is 11.4. The Morgan fingerprint density at radius 1 is 1.58 bits per heavy atom. The van der Waals surface area contributed by atoms with Crippen LogP contribution in [-0.2, 0) is 0 Å². The number of aliphatic hydroxyl groups excluding tert-OH is 1. The van der Waals surface area contributed by atoms with E-state index in [1.165, 1.54) is 0 Å². The van der Waals surface area contributed by atoms with Gasteiger partial charge in [-0.25, -0.2) is 0 Å². The Morgan fingerprint density at radius 2 is 2.08 bits per heavy atom. The van der Waals surface area contributed by atoms with Crippen LogP contribution < -0.4 is 0 Å². The largest absolute Gasteiger partial charge is 0.390 e. The van der Waals surface area contributed by atoms with Crippen LogP contribution >= 0.6 is 0 Å². The van der Waals surface area contributed by atoms with E-state index in [4.69, 9.17) is 0 Å². The second-order valence-electron chi connectivity index (χ2n) is 3.56. The zero-order valence-electron chi connectivity index (χ0n) is 8.04. The van der Waals surface area contributed by atoms with E-state index >= 15 is 0 Å². The zero-order valence-corrected chi connectivity index (χ0v) is 8.04. The van der Waals surface area contributed by atoms with Gasteiger partial charge < -0.3 is 10.2 Å². The average molecular weight is 170 g/mol. The summed E-state index contributed by atoms with van der Waals surface area (Å²) in [4.78, 5) is 0. The van der Waals surface area contributed by atoms with Crippen LogP contribution in [0, 0.1) is 0 Å². The van der Waals surface area contributed by atoms with Gasteiger partial charge in [0, 0.05) is 0 Å². The lowest BCUT2D eigenvalue weighted by Crippen LogP contribution is -2.35. The minimum absolute atomic E-state index is 0.460. The second-order valence-corrected chi connectivity index (χ2v) is 3.56. The van der Waals surface area contributed by atoms with Gasteiger partial charge >= 0.3 is 0 Å². The average Bonchev–Trinajstić information content (AvgIpc) is 1.97. The maximum atomic E-state index is 9.40. The molecule has 2 nitrogen and oxygen atoms in total. The fourth-order valence-electron chi connectivity index (χ4n) is 0.669. The molecule has 0 saturated heterocycles. The maximum Gasteiger partial charge on any atom is 0.0856 e. The Hall–Kier alpha value is -0.600. The Labute approximate surface area is 74.2 Å². The molecule has 0 unspecified atom stereocenters. The van der Waals surface area contributed by atoms with Gasteiger partial charge in [0.1, 0.15) is 0 Å². The molecule has 0 aliphatic rings. The summed E-state index contributed by atoms with van der Waals surface area (Å²) >= 11 is 0. The molecule has 0 amide bonds. The van der Waals surface area contributed by atoms with Gasteiger partial charge in [-0.2, -0.15) is 0 Å². The van der Waals surface area contributed by atoms with E-state index < -0.39 is 11.7 Å². The molecule has 1 atom stereocenters. The highest BCUT2D eigenvalue weighted by Crippen LogP contribution is 2.13. The zero-order chi connectivity index (χ0) is 9.78. The summed E-state index contributed by atoms with van der Waals surface area (Å²) in [5, 5.41) is 18.8. The molecule has 0 fully saturated rings. The lowest BCUT2D eigenvalue weighted by molar-refractivity contribution is -0.0457. The van der Waals surface area contributed by atoms with Crippen LogP contribution in [0.15, 0.2) is 24.3 Å². The van der Waals surface area contributed by atoms with Crippen molar-refractivity contribution in [3.63, 3.8) is 0 Å². The Balaban J connectivity index is 4.03. The van der Waals surface area contributed by atoms with Gasteiger partial charge in [0.25, 0.3) is 0 Å². The first-order valence-corrected chi connectivity index (χ1v) is 4.07. The van der Waals surface area contributed by atoms with E-state index in [1.54, 1.807) is 19.9 Å². The third-order valence-corrected chi connectivity index (χ3v) is 1.80. The van der Waals surface area contributed by atoms with Crippen LogP contribution in [0.5, 0.6) is 0 Å². The van der Waals surface area contributed by atoms with Crippen molar-refractivity contribution in [2.75, 3.05) is 0 Å². The molecular formula is C10H18O2. The first-order chi connectivity index (χ1) is 5.38.